The van der Waals surface area contributed by atoms with Gasteiger partial charge in [-0.1, -0.05) is 30.9 Å². The maximum absolute atomic E-state index is 4.12. The number of hydrogen-bond donors (Lipinski definition) is 0. The van der Waals surface area contributed by atoms with Crippen molar-refractivity contribution in [3.05, 3.63) is 48.1 Å². The van der Waals surface area contributed by atoms with Crippen molar-refractivity contribution >= 4 is 0 Å². The fourth-order valence-corrected chi connectivity index (χ4v) is 1.24. The highest BCUT2D eigenvalue weighted by Crippen LogP contribution is 2.07. The molecule has 80 valence electrons. The van der Waals surface area contributed by atoms with Gasteiger partial charge in [0.25, 0.3) is 0 Å². The smallest absolute Gasteiger partial charge is 0.137 e. The van der Waals surface area contributed by atoms with Crippen LogP contribution < -0.4 is 0 Å². The Labute approximate surface area is 90.8 Å². The summed E-state index contributed by atoms with van der Waals surface area (Å²) in [4.78, 5) is 0. The van der Waals surface area contributed by atoms with Gasteiger partial charge in [-0.2, -0.15) is 0 Å². The molecule has 0 aliphatic heterocycles. The molecule has 1 rings (SSSR count). The highest BCUT2D eigenvalue weighted by Gasteiger charge is 2.05. The molecule has 0 aliphatic rings. The number of allylic oxidation sites excluding steroid dienone is 5. The van der Waals surface area contributed by atoms with Gasteiger partial charge in [0.15, 0.2) is 0 Å². The number of aryl methyl sites for hydroxylation is 1. The minimum atomic E-state index is 0.804. The van der Waals surface area contributed by atoms with Crippen LogP contribution in [0.3, 0.4) is 0 Å². The van der Waals surface area contributed by atoms with Crippen LogP contribution in [0.2, 0.25) is 0 Å². The molecule has 0 amide bonds. The largest absolute Gasteiger partial charge is 0.318 e. The Morgan fingerprint density at radius 1 is 1.47 bits per heavy atom. The van der Waals surface area contributed by atoms with Crippen LogP contribution in [0.15, 0.2) is 36.5 Å². The monoisotopic (exact) mass is 203 g/mol. The van der Waals surface area contributed by atoms with Crippen molar-refractivity contribution in [1.82, 2.24) is 14.8 Å². The van der Waals surface area contributed by atoms with E-state index < -0.39 is 0 Å². The predicted octanol–water partition coefficient (Wildman–Crippen LogP) is 2.35. The first-order valence-electron chi connectivity index (χ1n) is 4.98. The van der Waals surface area contributed by atoms with Crippen molar-refractivity contribution in [2.24, 2.45) is 7.05 Å². The van der Waals surface area contributed by atoms with Gasteiger partial charge in [0.2, 0.25) is 0 Å². The summed E-state index contributed by atoms with van der Waals surface area (Å²) in [5, 5.41) is 8.15. The highest BCUT2D eigenvalue weighted by molar-refractivity contribution is 5.24. The number of hydrogen-bond acceptors (Lipinski definition) is 2. The van der Waals surface area contributed by atoms with Gasteiger partial charge in [-0.3, -0.25) is 0 Å². The van der Waals surface area contributed by atoms with Crippen molar-refractivity contribution in [3.63, 3.8) is 0 Å². The van der Waals surface area contributed by atoms with Crippen molar-refractivity contribution in [2.45, 2.75) is 20.3 Å². The van der Waals surface area contributed by atoms with Crippen LogP contribution in [0.5, 0.6) is 0 Å². The average Bonchev–Trinajstić information content (AvgIpc) is 2.55. The standard InChI is InChI=1S/C12H17N3/c1-5-7-8-11(6-2)9-12-14-13-10(3)15(12)4/h5-8H,1,9H2,2-4H3/b8-7-,11-6+. The molecule has 3 nitrogen and oxygen atoms in total. The summed E-state index contributed by atoms with van der Waals surface area (Å²) in [7, 11) is 1.98. The summed E-state index contributed by atoms with van der Waals surface area (Å²) < 4.78 is 2.01. The zero-order valence-electron chi connectivity index (χ0n) is 9.57. The quantitative estimate of drug-likeness (QED) is 0.703. The number of aromatic nitrogens is 3. The lowest BCUT2D eigenvalue weighted by molar-refractivity contribution is 0.795. The zero-order chi connectivity index (χ0) is 11.3. The molecule has 3 heteroatoms. The summed E-state index contributed by atoms with van der Waals surface area (Å²) in [5.74, 6) is 1.92. The molecule has 0 N–H and O–H groups in total. The van der Waals surface area contributed by atoms with Crippen molar-refractivity contribution in [3.8, 4) is 0 Å². The molecule has 0 atom stereocenters. The van der Waals surface area contributed by atoms with E-state index in [0.717, 1.165) is 18.1 Å². The fourth-order valence-electron chi connectivity index (χ4n) is 1.24. The summed E-state index contributed by atoms with van der Waals surface area (Å²) in [6.45, 7) is 7.62. The third-order valence-corrected chi connectivity index (χ3v) is 2.36. The second kappa shape index (κ2) is 5.29. The van der Waals surface area contributed by atoms with Gasteiger partial charge in [-0.25, -0.2) is 0 Å². The van der Waals surface area contributed by atoms with Gasteiger partial charge in [0.05, 0.1) is 0 Å². The average molecular weight is 203 g/mol. The van der Waals surface area contributed by atoms with Crippen molar-refractivity contribution in [1.29, 1.82) is 0 Å². The van der Waals surface area contributed by atoms with Crippen molar-refractivity contribution < 1.29 is 0 Å². The van der Waals surface area contributed by atoms with Crippen molar-refractivity contribution in [2.75, 3.05) is 0 Å². The molecule has 0 aromatic carbocycles. The van der Waals surface area contributed by atoms with E-state index in [-0.39, 0.29) is 0 Å². The third-order valence-electron chi connectivity index (χ3n) is 2.36. The Hall–Kier alpha value is -1.64. The zero-order valence-corrected chi connectivity index (χ0v) is 9.57. The molecule has 0 fully saturated rings. The van der Waals surface area contributed by atoms with Gasteiger partial charge in [-0.05, 0) is 19.4 Å². The Morgan fingerprint density at radius 3 is 2.67 bits per heavy atom. The first-order chi connectivity index (χ1) is 7.19. The fraction of sp³-hybridized carbons (Fsp3) is 0.333. The molecular formula is C12H17N3. The number of nitrogens with zero attached hydrogens (tertiary/aromatic N) is 3. The minimum Gasteiger partial charge on any atom is -0.318 e. The molecule has 0 bridgehead atoms. The minimum absolute atomic E-state index is 0.804. The Kier molecular flexibility index (Phi) is 4.03. The molecule has 0 saturated heterocycles. The molecule has 0 unspecified atom stereocenters. The molecule has 0 radical (unpaired) electrons. The van der Waals surface area contributed by atoms with Crippen LogP contribution in [-0.4, -0.2) is 14.8 Å². The maximum Gasteiger partial charge on any atom is 0.137 e. The first kappa shape index (κ1) is 11.4. The van der Waals surface area contributed by atoms with Crippen LogP contribution in [-0.2, 0) is 13.5 Å². The van der Waals surface area contributed by atoms with E-state index >= 15 is 0 Å². The lowest BCUT2D eigenvalue weighted by atomic mass is 10.1. The molecule has 15 heavy (non-hydrogen) atoms. The van der Waals surface area contributed by atoms with Crippen LogP contribution in [0.25, 0.3) is 0 Å². The molecule has 0 aliphatic carbocycles. The summed E-state index contributed by atoms with van der Waals surface area (Å²) in [5.41, 5.74) is 1.21. The van der Waals surface area contributed by atoms with Crippen LogP contribution in [0.4, 0.5) is 0 Å². The molecule has 0 spiro atoms. The summed E-state index contributed by atoms with van der Waals surface area (Å²) in [6, 6.07) is 0. The molecular weight excluding hydrogens is 186 g/mol. The number of rotatable bonds is 4. The van der Waals surface area contributed by atoms with E-state index in [9.17, 15) is 0 Å². The van der Waals surface area contributed by atoms with Gasteiger partial charge < -0.3 is 4.57 Å². The topological polar surface area (TPSA) is 30.7 Å². The Balaban J connectivity index is 2.80. The SMILES string of the molecule is C=C/C=C\C(=C/C)Cc1nnc(C)n1C. The summed E-state index contributed by atoms with van der Waals surface area (Å²) >= 11 is 0. The van der Waals surface area contributed by atoms with Gasteiger partial charge >= 0.3 is 0 Å². The third kappa shape index (κ3) is 2.91. The van der Waals surface area contributed by atoms with E-state index in [1.54, 1.807) is 6.08 Å². The van der Waals surface area contributed by atoms with Gasteiger partial charge in [0, 0.05) is 13.5 Å². The van der Waals surface area contributed by atoms with Crippen LogP contribution in [0, 0.1) is 6.92 Å². The second-order valence-electron chi connectivity index (χ2n) is 3.36. The first-order valence-corrected chi connectivity index (χ1v) is 4.98. The second-order valence-corrected chi connectivity index (χ2v) is 3.36. The van der Waals surface area contributed by atoms with E-state index in [2.05, 4.69) is 22.9 Å². The molecule has 1 aromatic rings. The predicted molar refractivity (Wildman–Crippen MR) is 62.5 cm³/mol. The lowest BCUT2D eigenvalue weighted by Gasteiger charge is -2.01. The van der Waals surface area contributed by atoms with Gasteiger partial charge in [0.1, 0.15) is 11.6 Å². The molecule has 0 saturated carbocycles. The van der Waals surface area contributed by atoms with Gasteiger partial charge in [-0.15, -0.1) is 10.2 Å². The maximum atomic E-state index is 4.12. The van der Waals surface area contributed by atoms with E-state index in [1.807, 2.05) is 37.6 Å². The van der Waals surface area contributed by atoms with E-state index in [0.29, 0.717) is 0 Å². The van der Waals surface area contributed by atoms with E-state index in [1.165, 1.54) is 5.57 Å². The molecule has 1 aromatic heterocycles. The Morgan fingerprint density at radius 2 is 2.20 bits per heavy atom. The van der Waals surface area contributed by atoms with Crippen LogP contribution >= 0.6 is 0 Å². The Bertz CT molecular complexity index is 397. The molecule has 1 heterocycles. The lowest BCUT2D eigenvalue weighted by Crippen LogP contribution is -2.00. The van der Waals surface area contributed by atoms with Crippen LogP contribution in [0.1, 0.15) is 18.6 Å². The normalized spacial score (nSPS) is 12.3. The summed E-state index contributed by atoms with van der Waals surface area (Å²) in [6.07, 6.45) is 8.61. The van der Waals surface area contributed by atoms with E-state index in [4.69, 9.17) is 0 Å². The highest BCUT2D eigenvalue weighted by atomic mass is 15.3.